The maximum Gasteiger partial charge on any atom is 0.287 e. The second-order valence-electron chi connectivity index (χ2n) is 4.93. The van der Waals surface area contributed by atoms with Crippen molar-refractivity contribution in [3.05, 3.63) is 29.5 Å². The highest BCUT2D eigenvalue weighted by Gasteiger charge is 2.23. The smallest absolute Gasteiger partial charge is 0.287 e. The van der Waals surface area contributed by atoms with Crippen molar-refractivity contribution in [2.75, 3.05) is 7.11 Å². The molecule has 1 aromatic carbocycles. The lowest BCUT2D eigenvalue weighted by atomic mass is 9.93. The highest BCUT2D eigenvalue weighted by Crippen LogP contribution is 2.31. The Labute approximate surface area is 115 Å². The molecule has 0 spiro atoms. The predicted octanol–water partition coefficient (Wildman–Crippen LogP) is 2.54. The van der Waals surface area contributed by atoms with E-state index in [1.165, 1.54) is 7.11 Å². The first-order valence-electron chi connectivity index (χ1n) is 6.59. The monoisotopic (exact) mass is 273 g/mol. The van der Waals surface area contributed by atoms with Gasteiger partial charge in [-0.2, -0.15) is 0 Å². The average molecular weight is 273 g/mol. The number of fused-ring (bicyclic) bond motifs is 1. The van der Waals surface area contributed by atoms with Gasteiger partial charge >= 0.3 is 0 Å². The van der Waals surface area contributed by atoms with Gasteiger partial charge in [-0.25, -0.2) is 0 Å². The minimum Gasteiger partial charge on any atom is -0.493 e. The predicted molar refractivity (Wildman–Crippen MR) is 73.3 cm³/mol. The molecule has 1 heterocycles. The minimum absolute atomic E-state index is 0.208. The van der Waals surface area contributed by atoms with E-state index in [0.29, 0.717) is 22.3 Å². The molecule has 0 saturated heterocycles. The Morgan fingerprint density at radius 1 is 1.45 bits per heavy atom. The second kappa shape index (κ2) is 5.00. The molecule has 1 fully saturated rings. The third kappa shape index (κ3) is 2.05. The van der Waals surface area contributed by atoms with Crippen LogP contribution in [0.5, 0.6) is 5.75 Å². The standard InChI is InChI=1S/C15H15NO4/c1-19-12-6-5-9(8-17)11-7-13(20-14(11)12)15(18)16-10-3-2-4-10/h5-8,10H,2-4H2,1H3,(H,16,18). The van der Waals surface area contributed by atoms with Crippen molar-refractivity contribution in [1.82, 2.24) is 5.32 Å². The first kappa shape index (κ1) is 12.7. The topological polar surface area (TPSA) is 68.5 Å². The van der Waals surface area contributed by atoms with Crippen molar-refractivity contribution in [3.8, 4) is 5.75 Å². The van der Waals surface area contributed by atoms with Gasteiger partial charge in [-0.05, 0) is 37.5 Å². The fourth-order valence-electron chi connectivity index (χ4n) is 2.30. The van der Waals surface area contributed by atoms with Gasteiger partial charge in [0.1, 0.15) is 0 Å². The van der Waals surface area contributed by atoms with Crippen LogP contribution in [0.3, 0.4) is 0 Å². The lowest BCUT2D eigenvalue weighted by molar-refractivity contribution is 0.0890. The van der Waals surface area contributed by atoms with Crippen LogP contribution >= 0.6 is 0 Å². The van der Waals surface area contributed by atoms with Crippen LogP contribution in [0.4, 0.5) is 0 Å². The van der Waals surface area contributed by atoms with Crippen molar-refractivity contribution in [1.29, 1.82) is 0 Å². The van der Waals surface area contributed by atoms with E-state index in [1.54, 1.807) is 18.2 Å². The summed E-state index contributed by atoms with van der Waals surface area (Å²) in [5, 5.41) is 3.50. The van der Waals surface area contributed by atoms with E-state index < -0.39 is 0 Å². The van der Waals surface area contributed by atoms with Gasteiger partial charge < -0.3 is 14.5 Å². The third-order valence-electron chi connectivity index (χ3n) is 3.69. The van der Waals surface area contributed by atoms with Gasteiger partial charge in [-0.3, -0.25) is 9.59 Å². The maximum absolute atomic E-state index is 12.1. The average Bonchev–Trinajstić information content (AvgIpc) is 2.86. The molecule has 0 aliphatic heterocycles. The molecule has 0 radical (unpaired) electrons. The Hall–Kier alpha value is -2.30. The molecule has 1 amide bonds. The Kier molecular flexibility index (Phi) is 3.18. The van der Waals surface area contributed by atoms with E-state index in [1.807, 2.05) is 0 Å². The summed E-state index contributed by atoms with van der Waals surface area (Å²) in [6.45, 7) is 0. The summed E-state index contributed by atoms with van der Waals surface area (Å²) in [5.74, 6) is 0.470. The van der Waals surface area contributed by atoms with Gasteiger partial charge in [0.2, 0.25) is 0 Å². The number of furan rings is 1. The van der Waals surface area contributed by atoms with E-state index in [0.717, 1.165) is 25.5 Å². The van der Waals surface area contributed by atoms with Crippen LogP contribution in [0.15, 0.2) is 22.6 Å². The summed E-state index contributed by atoms with van der Waals surface area (Å²) in [6.07, 6.45) is 3.91. The molecule has 5 heteroatoms. The number of benzene rings is 1. The maximum atomic E-state index is 12.1. The Bertz CT molecular complexity index is 670. The number of rotatable bonds is 4. The lowest BCUT2D eigenvalue weighted by Crippen LogP contribution is -2.39. The van der Waals surface area contributed by atoms with Crippen LogP contribution < -0.4 is 10.1 Å². The van der Waals surface area contributed by atoms with Gasteiger partial charge in [0.25, 0.3) is 5.91 Å². The zero-order valence-electron chi connectivity index (χ0n) is 11.1. The SMILES string of the molecule is COc1ccc(C=O)c2cc(C(=O)NC3CCC3)oc12. The number of methoxy groups -OCH3 is 1. The van der Waals surface area contributed by atoms with Crippen molar-refractivity contribution in [3.63, 3.8) is 0 Å². The van der Waals surface area contributed by atoms with Gasteiger partial charge in [-0.15, -0.1) is 0 Å². The van der Waals surface area contributed by atoms with Crippen molar-refractivity contribution in [2.24, 2.45) is 0 Å². The van der Waals surface area contributed by atoms with Gasteiger partial charge in [0, 0.05) is 17.0 Å². The van der Waals surface area contributed by atoms with Crippen LogP contribution in [0.1, 0.15) is 40.2 Å². The van der Waals surface area contributed by atoms with Crippen molar-refractivity contribution in [2.45, 2.75) is 25.3 Å². The van der Waals surface area contributed by atoms with Crippen LogP contribution in [0.25, 0.3) is 11.0 Å². The third-order valence-corrected chi connectivity index (χ3v) is 3.69. The van der Waals surface area contributed by atoms with E-state index in [2.05, 4.69) is 5.32 Å². The molecule has 1 aromatic heterocycles. The molecule has 1 N–H and O–H groups in total. The molecule has 104 valence electrons. The highest BCUT2D eigenvalue weighted by atomic mass is 16.5. The van der Waals surface area contributed by atoms with E-state index in [9.17, 15) is 9.59 Å². The molecule has 1 aliphatic rings. The number of nitrogens with one attached hydrogen (secondary N) is 1. The second-order valence-corrected chi connectivity index (χ2v) is 4.93. The Morgan fingerprint density at radius 2 is 2.25 bits per heavy atom. The first-order valence-corrected chi connectivity index (χ1v) is 6.59. The number of amides is 1. The molecule has 2 aromatic rings. The van der Waals surface area contributed by atoms with E-state index in [4.69, 9.17) is 9.15 Å². The summed E-state index contributed by atoms with van der Waals surface area (Å²) in [6, 6.07) is 5.14. The lowest BCUT2D eigenvalue weighted by Gasteiger charge is -2.25. The molecule has 5 nitrogen and oxygen atoms in total. The molecule has 3 rings (SSSR count). The molecule has 20 heavy (non-hydrogen) atoms. The number of aldehydes is 1. The molecule has 1 saturated carbocycles. The number of hydrogen-bond acceptors (Lipinski definition) is 4. The molecule has 0 unspecified atom stereocenters. The molecular formula is C15H15NO4. The summed E-state index contributed by atoms with van der Waals surface area (Å²) in [5.41, 5.74) is 0.906. The van der Waals surface area contributed by atoms with Gasteiger partial charge in [-0.1, -0.05) is 0 Å². The fourth-order valence-corrected chi connectivity index (χ4v) is 2.30. The van der Waals surface area contributed by atoms with Crippen LogP contribution in [0, 0.1) is 0 Å². The zero-order chi connectivity index (χ0) is 14.1. The van der Waals surface area contributed by atoms with Crippen molar-refractivity contribution < 1.29 is 18.7 Å². The highest BCUT2D eigenvalue weighted by molar-refractivity contribution is 6.03. The largest absolute Gasteiger partial charge is 0.493 e. The Balaban J connectivity index is 1.99. The molecule has 0 bridgehead atoms. The molecule has 0 atom stereocenters. The Morgan fingerprint density at radius 3 is 2.85 bits per heavy atom. The zero-order valence-corrected chi connectivity index (χ0v) is 11.1. The quantitative estimate of drug-likeness (QED) is 0.869. The van der Waals surface area contributed by atoms with E-state index >= 15 is 0 Å². The minimum atomic E-state index is -0.246. The number of hydrogen-bond donors (Lipinski definition) is 1. The summed E-state index contributed by atoms with van der Waals surface area (Å²) < 4.78 is 10.8. The number of ether oxygens (including phenoxy) is 1. The van der Waals surface area contributed by atoms with Gasteiger partial charge in [0.05, 0.1) is 7.11 Å². The van der Waals surface area contributed by atoms with Gasteiger partial charge in [0.15, 0.2) is 23.4 Å². The molecular weight excluding hydrogens is 258 g/mol. The summed E-state index contributed by atoms with van der Waals surface area (Å²) >= 11 is 0. The van der Waals surface area contributed by atoms with E-state index in [-0.39, 0.29) is 17.7 Å². The normalized spacial score (nSPS) is 14.8. The van der Waals surface area contributed by atoms with Crippen LogP contribution in [0.2, 0.25) is 0 Å². The fraction of sp³-hybridized carbons (Fsp3) is 0.333. The van der Waals surface area contributed by atoms with Crippen LogP contribution in [-0.4, -0.2) is 25.3 Å². The van der Waals surface area contributed by atoms with Crippen molar-refractivity contribution >= 4 is 23.2 Å². The van der Waals surface area contributed by atoms with Crippen LogP contribution in [-0.2, 0) is 0 Å². The summed E-state index contributed by atoms with van der Waals surface area (Å²) in [4.78, 5) is 23.1. The number of carbonyl (C=O) groups excluding carboxylic acids is 2. The molecule has 1 aliphatic carbocycles. The summed E-state index contributed by atoms with van der Waals surface area (Å²) in [7, 11) is 1.52. The number of carbonyl (C=O) groups is 2. The first-order chi connectivity index (χ1) is 9.72.